The lowest BCUT2D eigenvalue weighted by Gasteiger charge is -2.32. The highest BCUT2D eigenvalue weighted by Gasteiger charge is 2.42. The highest BCUT2D eigenvalue weighted by molar-refractivity contribution is 6.19. The van der Waals surface area contributed by atoms with Crippen LogP contribution < -0.4 is 0 Å². The van der Waals surface area contributed by atoms with Crippen LogP contribution in [0.3, 0.4) is 0 Å². The van der Waals surface area contributed by atoms with Gasteiger partial charge in [-0.15, -0.1) is 0 Å². The minimum atomic E-state index is -0.189. The van der Waals surface area contributed by atoms with E-state index in [1.807, 2.05) is 24.3 Å². The molecular weight excluding hydrogens is 200 g/mol. The van der Waals surface area contributed by atoms with E-state index in [0.29, 0.717) is 24.0 Å². The summed E-state index contributed by atoms with van der Waals surface area (Å²) in [6, 6.07) is 0. The largest absolute Gasteiger partial charge is 0.298 e. The van der Waals surface area contributed by atoms with Crippen LogP contribution in [0.2, 0.25) is 0 Å². The number of hydrogen-bond acceptors (Lipinski definition) is 2. The predicted molar refractivity (Wildman–Crippen MR) is 60.7 cm³/mol. The van der Waals surface area contributed by atoms with Gasteiger partial charge in [-0.05, 0) is 12.8 Å². The van der Waals surface area contributed by atoms with Crippen LogP contribution in [-0.4, -0.2) is 11.6 Å². The Balaban J connectivity index is 2.10. The minimum Gasteiger partial charge on any atom is -0.298 e. The molecule has 0 heterocycles. The highest BCUT2D eigenvalue weighted by Crippen LogP contribution is 2.38. The first-order valence-corrected chi connectivity index (χ1v) is 5.61. The molecule has 0 aromatic rings. The molecule has 0 aromatic carbocycles. The Kier molecular flexibility index (Phi) is 2.03. The molecule has 0 saturated heterocycles. The maximum Gasteiger partial charge on any atom is 0.186 e. The first kappa shape index (κ1) is 9.52. The van der Waals surface area contributed by atoms with Crippen molar-refractivity contribution in [3.05, 3.63) is 47.6 Å². The Bertz CT molecular complexity index is 447. The van der Waals surface area contributed by atoms with E-state index in [2.05, 4.69) is 0 Å². The molecule has 0 N–H and O–H groups in total. The van der Waals surface area contributed by atoms with Gasteiger partial charge < -0.3 is 0 Å². The predicted octanol–water partition coefficient (Wildman–Crippen LogP) is 2.14. The third kappa shape index (κ3) is 1.19. The molecule has 1 saturated carbocycles. The molecule has 2 heteroatoms. The van der Waals surface area contributed by atoms with Gasteiger partial charge in [0.05, 0.1) is 11.8 Å². The van der Waals surface area contributed by atoms with Crippen LogP contribution in [0.1, 0.15) is 12.8 Å². The maximum absolute atomic E-state index is 12.2. The van der Waals surface area contributed by atoms with Crippen LogP contribution in [0.25, 0.3) is 0 Å². The van der Waals surface area contributed by atoms with E-state index in [4.69, 9.17) is 0 Å². The summed E-state index contributed by atoms with van der Waals surface area (Å²) >= 11 is 0. The van der Waals surface area contributed by atoms with Gasteiger partial charge in [-0.3, -0.25) is 9.59 Å². The van der Waals surface area contributed by atoms with E-state index in [1.54, 1.807) is 12.2 Å². The van der Waals surface area contributed by atoms with Crippen LogP contribution in [0.5, 0.6) is 0 Å². The average Bonchev–Trinajstić information content (AvgIpc) is 2.36. The van der Waals surface area contributed by atoms with Crippen LogP contribution in [0.15, 0.2) is 47.6 Å². The molecule has 2 atom stereocenters. The zero-order valence-corrected chi connectivity index (χ0v) is 8.85. The lowest BCUT2D eigenvalue weighted by atomic mass is 9.68. The second-order valence-electron chi connectivity index (χ2n) is 4.41. The normalized spacial score (nSPS) is 31.8. The van der Waals surface area contributed by atoms with Gasteiger partial charge in [-0.2, -0.15) is 0 Å². The number of Topliss-reactive ketones (excluding diaryl/α,β-unsaturated/α-hetero) is 2. The lowest BCUT2D eigenvalue weighted by molar-refractivity contribution is -0.129. The molecule has 0 bridgehead atoms. The summed E-state index contributed by atoms with van der Waals surface area (Å²) in [5.74, 6) is -0.0913. The average molecular weight is 212 g/mol. The van der Waals surface area contributed by atoms with Gasteiger partial charge in [0.25, 0.3) is 0 Å². The lowest BCUT2D eigenvalue weighted by Crippen LogP contribution is -2.38. The minimum absolute atomic E-state index is 0.0725. The first-order valence-electron chi connectivity index (χ1n) is 5.61. The fraction of sp³-hybridized carbons (Fsp3) is 0.286. The number of rotatable bonds is 0. The first-order chi connectivity index (χ1) is 7.79. The Morgan fingerprint density at radius 1 is 0.875 bits per heavy atom. The fourth-order valence-corrected chi connectivity index (χ4v) is 2.68. The summed E-state index contributed by atoms with van der Waals surface area (Å²) in [5.41, 5.74) is 1.37. The third-order valence-electron chi connectivity index (χ3n) is 3.53. The van der Waals surface area contributed by atoms with Crippen LogP contribution in [0, 0.1) is 11.8 Å². The summed E-state index contributed by atoms with van der Waals surface area (Å²) in [6.07, 6.45) is 12.6. The summed E-state index contributed by atoms with van der Waals surface area (Å²) in [6.45, 7) is 0. The van der Waals surface area contributed by atoms with Crippen molar-refractivity contribution in [2.75, 3.05) is 0 Å². The monoisotopic (exact) mass is 212 g/mol. The Morgan fingerprint density at radius 3 is 1.88 bits per heavy atom. The van der Waals surface area contributed by atoms with Crippen molar-refractivity contribution >= 4 is 11.6 Å². The summed E-state index contributed by atoms with van der Waals surface area (Å²) in [7, 11) is 0. The molecule has 3 rings (SSSR count). The molecule has 2 nitrogen and oxygen atoms in total. The molecule has 0 spiro atoms. The van der Waals surface area contributed by atoms with Crippen molar-refractivity contribution in [3.63, 3.8) is 0 Å². The molecule has 1 fully saturated rings. The van der Waals surface area contributed by atoms with Crippen LogP contribution in [-0.2, 0) is 9.59 Å². The van der Waals surface area contributed by atoms with Gasteiger partial charge in [0, 0.05) is 11.1 Å². The van der Waals surface area contributed by atoms with Crippen molar-refractivity contribution in [1.29, 1.82) is 0 Å². The molecule has 0 aromatic heterocycles. The summed E-state index contributed by atoms with van der Waals surface area (Å²) in [4.78, 5) is 24.4. The number of carbonyl (C=O) groups is 2. The molecule has 0 amide bonds. The van der Waals surface area contributed by atoms with E-state index in [0.717, 1.165) is 0 Å². The smallest absolute Gasteiger partial charge is 0.186 e. The molecule has 3 aliphatic carbocycles. The van der Waals surface area contributed by atoms with Crippen molar-refractivity contribution in [1.82, 2.24) is 0 Å². The maximum atomic E-state index is 12.2. The van der Waals surface area contributed by atoms with Gasteiger partial charge >= 0.3 is 0 Å². The van der Waals surface area contributed by atoms with E-state index >= 15 is 0 Å². The second-order valence-corrected chi connectivity index (χ2v) is 4.41. The van der Waals surface area contributed by atoms with E-state index in [9.17, 15) is 9.59 Å². The van der Waals surface area contributed by atoms with E-state index in [1.165, 1.54) is 0 Å². The van der Waals surface area contributed by atoms with Crippen molar-refractivity contribution in [2.24, 2.45) is 11.8 Å². The zero-order valence-electron chi connectivity index (χ0n) is 8.85. The number of allylic oxidation sites excluding steroid dienone is 8. The summed E-state index contributed by atoms with van der Waals surface area (Å²) < 4.78 is 0. The Morgan fingerprint density at radius 2 is 1.38 bits per heavy atom. The van der Waals surface area contributed by atoms with E-state index in [-0.39, 0.29) is 23.4 Å². The zero-order chi connectivity index (χ0) is 11.1. The Hall–Kier alpha value is -1.70. The van der Waals surface area contributed by atoms with Gasteiger partial charge in [-0.25, -0.2) is 0 Å². The van der Waals surface area contributed by atoms with Gasteiger partial charge in [0.2, 0.25) is 0 Å². The SMILES string of the molecule is O=C1C2=CC=CCC2C(=O)C2CC=CC=C12. The number of carbonyl (C=O) groups excluding carboxylic acids is 2. The Labute approximate surface area is 94.0 Å². The molecule has 2 unspecified atom stereocenters. The van der Waals surface area contributed by atoms with Gasteiger partial charge in [0.15, 0.2) is 5.78 Å². The highest BCUT2D eigenvalue weighted by atomic mass is 16.1. The molecular formula is C14H12O2. The van der Waals surface area contributed by atoms with E-state index < -0.39 is 0 Å². The fourth-order valence-electron chi connectivity index (χ4n) is 2.68. The van der Waals surface area contributed by atoms with Crippen LogP contribution >= 0.6 is 0 Å². The molecule has 0 aliphatic heterocycles. The molecule has 80 valence electrons. The number of ketones is 2. The van der Waals surface area contributed by atoms with Gasteiger partial charge in [0.1, 0.15) is 5.78 Å². The standard InChI is InChI=1S/C14H12O2/c15-13-9-5-1-2-6-10(9)14(16)12-8-4-3-7-11(12)13/h1-5,7,10,12H,6,8H2. The quantitative estimate of drug-likeness (QED) is 0.616. The van der Waals surface area contributed by atoms with Crippen molar-refractivity contribution in [3.8, 4) is 0 Å². The van der Waals surface area contributed by atoms with Gasteiger partial charge in [-0.1, -0.05) is 36.5 Å². The topological polar surface area (TPSA) is 34.1 Å². The number of fused-ring (bicyclic) bond motifs is 2. The van der Waals surface area contributed by atoms with Crippen LogP contribution in [0.4, 0.5) is 0 Å². The molecule has 3 aliphatic rings. The molecule has 0 radical (unpaired) electrons. The second kappa shape index (κ2) is 3.41. The third-order valence-corrected chi connectivity index (χ3v) is 3.53. The summed E-state index contributed by atoms with van der Waals surface area (Å²) in [5, 5.41) is 0. The molecule has 16 heavy (non-hydrogen) atoms. The number of hydrogen-bond donors (Lipinski definition) is 0. The van der Waals surface area contributed by atoms with Crippen molar-refractivity contribution in [2.45, 2.75) is 12.8 Å². The van der Waals surface area contributed by atoms with Crippen molar-refractivity contribution < 1.29 is 9.59 Å².